The molecular formula is C16H8Cl2N2O2. The molecule has 0 bridgehead atoms. The molecule has 2 aromatic rings. The number of hydrogen-bond donors (Lipinski definition) is 0. The molecule has 3 rings (SSSR count). The molecule has 0 fully saturated rings. The van der Waals surface area contributed by atoms with E-state index in [0.29, 0.717) is 22.4 Å². The Morgan fingerprint density at radius 3 is 1.95 bits per heavy atom. The van der Waals surface area contributed by atoms with Gasteiger partial charge in [0, 0.05) is 15.6 Å². The Morgan fingerprint density at radius 1 is 1.00 bits per heavy atom. The third-order valence-electron chi connectivity index (χ3n) is 3.43. The first-order chi connectivity index (χ1) is 10.5. The van der Waals surface area contributed by atoms with Crippen molar-refractivity contribution in [2.24, 2.45) is 0 Å². The van der Waals surface area contributed by atoms with Gasteiger partial charge >= 0.3 is 0 Å². The zero-order chi connectivity index (χ0) is 15.9. The van der Waals surface area contributed by atoms with Crippen molar-refractivity contribution in [3.63, 3.8) is 0 Å². The molecule has 0 aliphatic carbocycles. The Balaban J connectivity index is 2.09. The number of anilines is 1. The van der Waals surface area contributed by atoms with E-state index < -0.39 is 11.8 Å². The lowest BCUT2D eigenvalue weighted by Gasteiger charge is -2.16. The van der Waals surface area contributed by atoms with Crippen molar-refractivity contribution in [2.75, 3.05) is 4.90 Å². The van der Waals surface area contributed by atoms with E-state index >= 15 is 0 Å². The van der Waals surface area contributed by atoms with Crippen molar-refractivity contribution in [1.82, 2.24) is 0 Å². The average Bonchev–Trinajstić information content (AvgIpc) is 2.75. The second-order valence-electron chi connectivity index (χ2n) is 4.71. The first-order valence-corrected chi connectivity index (χ1v) is 7.13. The van der Waals surface area contributed by atoms with Crippen molar-refractivity contribution in [1.29, 1.82) is 5.26 Å². The van der Waals surface area contributed by atoms with Crippen LogP contribution in [0.15, 0.2) is 36.4 Å². The number of benzene rings is 2. The number of rotatable bonds is 2. The number of halogens is 2. The summed E-state index contributed by atoms with van der Waals surface area (Å²) in [6.07, 6.45) is 0.0556. The molecule has 0 saturated heterocycles. The minimum absolute atomic E-state index is 0.0556. The predicted molar refractivity (Wildman–Crippen MR) is 83.4 cm³/mol. The van der Waals surface area contributed by atoms with Crippen LogP contribution in [0, 0.1) is 11.3 Å². The van der Waals surface area contributed by atoms with E-state index in [4.69, 9.17) is 28.5 Å². The largest absolute Gasteiger partial charge is 0.268 e. The molecule has 1 aliphatic rings. The van der Waals surface area contributed by atoms with Gasteiger partial charge in [-0.15, -0.1) is 0 Å². The molecule has 22 heavy (non-hydrogen) atoms. The molecule has 0 saturated carbocycles. The molecule has 0 atom stereocenters. The van der Waals surface area contributed by atoms with E-state index in [1.165, 1.54) is 12.1 Å². The van der Waals surface area contributed by atoms with E-state index in [2.05, 4.69) is 0 Å². The summed E-state index contributed by atoms with van der Waals surface area (Å²) in [7, 11) is 0. The zero-order valence-corrected chi connectivity index (χ0v) is 12.6. The van der Waals surface area contributed by atoms with Crippen molar-refractivity contribution in [3.8, 4) is 6.07 Å². The highest BCUT2D eigenvalue weighted by molar-refractivity contribution is 6.38. The van der Waals surface area contributed by atoms with Gasteiger partial charge in [-0.3, -0.25) is 9.59 Å². The van der Waals surface area contributed by atoms with Gasteiger partial charge in [0.15, 0.2) is 0 Å². The summed E-state index contributed by atoms with van der Waals surface area (Å²) < 4.78 is 0. The van der Waals surface area contributed by atoms with Gasteiger partial charge in [0.2, 0.25) is 0 Å². The minimum Gasteiger partial charge on any atom is -0.268 e. The molecule has 108 valence electrons. The quantitative estimate of drug-likeness (QED) is 0.785. The first-order valence-electron chi connectivity index (χ1n) is 6.37. The molecule has 0 radical (unpaired) electrons. The molecule has 0 aromatic heterocycles. The van der Waals surface area contributed by atoms with Crippen molar-refractivity contribution < 1.29 is 9.59 Å². The minimum atomic E-state index is -0.416. The van der Waals surface area contributed by atoms with Gasteiger partial charge < -0.3 is 0 Å². The molecular weight excluding hydrogens is 323 g/mol. The van der Waals surface area contributed by atoms with Gasteiger partial charge in [-0.2, -0.15) is 5.26 Å². The van der Waals surface area contributed by atoms with Crippen LogP contribution in [0.5, 0.6) is 0 Å². The third kappa shape index (κ3) is 2.16. The van der Waals surface area contributed by atoms with Gasteiger partial charge in [0.05, 0.1) is 29.3 Å². The van der Waals surface area contributed by atoms with E-state index in [9.17, 15) is 9.59 Å². The monoisotopic (exact) mass is 330 g/mol. The fourth-order valence-corrected chi connectivity index (χ4v) is 3.00. The SMILES string of the molecule is N#CCc1c(Cl)cc(N2C(=O)c3ccccc3C2=O)cc1Cl. The molecule has 2 amide bonds. The normalized spacial score (nSPS) is 13.2. The van der Waals surface area contributed by atoms with Gasteiger partial charge in [-0.05, 0) is 24.3 Å². The van der Waals surface area contributed by atoms with E-state index in [1.807, 2.05) is 6.07 Å². The van der Waals surface area contributed by atoms with Crippen LogP contribution in [0.4, 0.5) is 5.69 Å². The summed E-state index contributed by atoms with van der Waals surface area (Å²) >= 11 is 12.2. The standard InChI is InChI=1S/C16H8Cl2N2O2/c17-13-7-9(8-14(18)12(13)5-6-19)20-15(21)10-3-1-2-4-11(10)16(20)22/h1-4,7-8H,5H2. The maximum Gasteiger partial charge on any atom is 0.266 e. The number of carbonyl (C=O) groups is 2. The zero-order valence-electron chi connectivity index (χ0n) is 11.1. The Bertz CT molecular complexity index is 797. The van der Waals surface area contributed by atoms with Crippen LogP contribution in [0.25, 0.3) is 0 Å². The number of fused-ring (bicyclic) bond motifs is 1. The molecule has 2 aromatic carbocycles. The number of hydrogen-bond acceptors (Lipinski definition) is 3. The summed E-state index contributed by atoms with van der Waals surface area (Å²) in [5, 5.41) is 9.27. The molecule has 1 aliphatic heterocycles. The number of amides is 2. The maximum atomic E-state index is 12.4. The Kier molecular flexibility index (Phi) is 3.61. The Labute approximate surface area is 136 Å². The molecule has 6 heteroatoms. The molecule has 0 N–H and O–H groups in total. The van der Waals surface area contributed by atoms with Crippen LogP contribution >= 0.6 is 23.2 Å². The van der Waals surface area contributed by atoms with Crippen LogP contribution in [-0.4, -0.2) is 11.8 Å². The van der Waals surface area contributed by atoms with E-state index in [-0.39, 0.29) is 16.5 Å². The summed E-state index contributed by atoms with van der Waals surface area (Å²) in [4.78, 5) is 25.9. The Morgan fingerprint density at radius 2 is 1.50 bits per heavy atom. The molecule has 1 heterocycles. The van der Waals surface area contributed by atoms with E-state index in [0.717, 1.165) is 4.90 Å². The van der Waals surface area contributed by atoms with Crippen LogP contribution < -0.4 is 4.90 Å². The highest BCUT2D eigenvalue weighted by Crippen LogP contribution is 2.35. The second kappa shape index (κ2) is 5.45. The summed E-state index contributed by atoms with van der Waals surface area (Å²) in [6, 6.07) is 11.5. The average molecular weight is 331 g/mol. The van der Waals surface area contributed by atoms with Gasteiger partial charge in [0.25, 0.3) is 11.8 Å². The van der Waals surface area contributed by atoms with Gasteiger partial charge in [-0.25, -0.2) is 4.90 Å². The van der Waals surface area contributed by atoms with Crippen LogP contribution in [-0.2, 0) is 6.42 Å². The highest BCUT2D eigenvalue weighted by Gasteiger charge is 2.36. The fraction of sp³-hybridized carbons (Fsp3) is 0.0625. The first kappa shape index (κ1) is 14.6. The van der Waals surface area contributed by atoms with Crippen LogP contribution in [0.1, 0.15) is 26.3 Å². The lowest BCUT2D eigenvalue weighted by Crippen LogP contribution is -2.29. The smallest absolute Gasteiger partial charge is 0.266 e. The molecule has 4 nitrogen and oxygen atoms in total. The number of nitrogens with zero attached hydrogens (tertiary/aromatic N) is 2. The summed E-state index contributed by atoms with van der Waals surface area (Å²) in [5.41, 5.74) is 1.47. The van der Waals surface area contributed by atoms with E-state index in [1.54, 1.807) is 24.3 Å². The van der Waals surface area contributed by atoms with Gasteiger partial charge in [-0.1, -0.05) is 35.3 Å². The second-order valence-corrected chi connectivity index (χ2v) is 5.53. The fourth-order valence-electron chi connectivity index (χ4n) is 2.39. The lowest BCUT2D eigenvalue weighted by molar-refractivity contribution is 0.0926. The third-order valence-corrected chi connectivity index (χ3v) is 4.11. The van der Waals surface area contributed by atoms with Crippen LogP contribution in [0.2, 0.25) is 10.0 Å². The predicted octanol–water partition coefficient (Wildman–Crippen LogP) is 3.86. The highest BCUT2D eigenvalue weighted by atomic mass is 35.5. The van der Waals surface area contributed by atoms with Gasteiger partial charge in [0.1, 0.15) is 0 Å². The maximum absolute atomic E-state index is 12.4. The molecule has 0 unspecified atom stereocenters. The Hall–Kier alpha value is -2.35. The topological polar surface area (TPSA) is 61.2 Å². The van der Waals surface area contributed by atoms with Crippen molar-refractivity contribution >= 4 is 40.7 Å². The van der Waals surface area contributed by atoms with Crippen LogP contribution in [0.3, 0.4) is 0 Å². The van der Waals surface area contributed by atoms with Crippen molar-refractivity contribution in [2.45, 2.75) is 6.42 Å². The number of nitriles is 1. The van der Waals surface area contributed by atoms with Crippen molar-refractivity contribution in [3.05, 3.63) is 63.1 Å². The lowest BCUT2D eigenvalue weighted by atomic mass is 10.1. The summed E-state index contributed by atoms with van der Waals surface area (Å²) in [6.45, 7) is 0. The number of imide groups is 1. The number of carbonyl (C=O) groups excluding carboxylic acids is 2. The molecule has 0 spiro atoms. The summed E-state index contributed by atoms with van der Waals surface area (Å²) in [5.74, 6) is -0.832.